The molecule has 1 fully saturated rings. The van der Waals surface area contributed by atoms with Crippen LogP contribution in [0, 0.1) is 17.3 Å². The fourth-order valence-electron chi connectivity index (χ4n) is 2.72. The Kier molecular flexibility index (Phi) is 5.00. The predicted molar refractivity (Wildman–Crippen MR) is 79.1 cm³/mol. The Labute approximate surface area is 122 Å². The Balaban J connectivity index is 2.87. The number of carbonyl (C=O) groups is 2. The zero-order valence-corrected chi connectivity index (χ0v) is 13.7. The quantitative estimate of drug-likeness (QED) is 0.575. The lowest BCUT2D eigenvalue weighted by atomic mass is 10.1. The van der Waals surface area contributed by atoms with Crippen LogP contribution in [0.3, 0.4) is 0 Å². The molecular formula is C16H27NO3. The first-order valence-electron chi connectivity index (χ1n) is 7.15. The lowest BCUT2D eigenvalue weighted by Gasteiger charge is -2.26. The monoisotopic (exact) mass is 281 g/mol. The molecule has 2 atom stereocenters. The van der Waals surface area contributed by atoms with Crippen LogP contribution in [0.15, 0.2) is 11.6 Å². The summed E-state index contributed by atoms with van der Waals surface area (Å²) in [5.74, 6) is -0.0921. The Bertz CT molecular complexity index is 419. The van der Waals surface area contributed by atoms with Gasteiger partial charge < -0.3 is 9.64 Å². The smallest absolute Gasteiger partial charge is 0.325 e. The first-order valence-corrected chi connectivity index (χ1v) is 7.15. The largest absolute Gasteiger partial charge is 0.468 e. The second kappa shape index (κ2) is 5.98. The molecule has 2 unspecified atom stereocenters. The van der Waals surface area contributed by atoms with Gasteiger partial charge in [0.05, 0.1) is 13.0 Å². The van der Waals surface area contributed by atoms with Crippen molar-refractivity contribution in [1.29, 1.82) is 0 Å². The van der Waals surface area contributed by atoms with Crippen LogP contribution in [0.5, 0.6) is 0 Å². The molecule has 0 saturated heterocycles. The molecule has 20 heavy (non-hydrogen) atoms. The normalized spacial score (nSPS) is 23.2. The van der Waals surface area contributed by atoms with Gasteiger partial charge in [0.15, 0.2) is 0 Å². The van der Waals surface area contributed by atoms with E-state index in [1.54, 1.807) is 4.90 Å². The van der Waals surface area contributed by atoms with Gasteiger partial charge in [0, 0.05) is 6.04 Å². The maximum atomic E-state index is 12.7. The first-order chi connectivity index (χ1) is 9.12. The summed E-state index contributed by atoms with van der Waals surface area (Å²) in [5, 5.41) is 0. The summed E-state index contributed by atoms with van der Waals surface area (Å²) in [4.78, 5) is 25.8. The third kappa shape index (κ3) is 3.41. The van der Waals surface area contributed by atoms with Gasteiger partial charge in [-0.25, -0.2) is 0 Å². The van der Waals surface area contributed by atoms with Crippen molar-refractivity contribution in [3.63, 3.8) is 0 Å². The molecule has 1 aliphatic carbocycles. The molecule has 1 rings (SSSR count). The number of esters is 1. The number of methoxy groups -OCH3 is 1. The van der Waals surface area contributed by atoms with Crippen molar-refractivity contribution in [1.82, 2.24) is 4.90 Å². The van der Waals surface area contributed by atoms with Gasteiger partial charge in [-0.3, -0.25) is 9.59 Å². The summed E-state index contributed by atoms with van der Waals surface area (Å²) >= 11 is 0. The zero-order valence-electron chi connectivity index (χ0n) is 13.7. The number of allylic oxidation sites excluding steroid dienone is 2. The molecule has 0 aliphatic heterocycles. The van der Waals surface area contributed by atoms with E-state index < -0.39 is 0 Å². The van der Waals surface area contributed by atoms with Crippen molar-refractivity contribution in [2.24, 2.45) is 17.3 Å². The van der Waals surface area contributed by atoms with Gasteiger partial charge in [-0.1, -0.05) is 25.5 Å². The average Bonchev–Trinajstić information content (AvgIpc) is 2.85. The van der Waals surface area contributed by atoms with Crippen LogP contribution in [-0.4, -0.2) is 36.5 Å². The highest BCUT2D eigenvalue weighted by Gasteiger charge is 2.61. The molecule has 0 spiro atoms. The molecule has 1 amide bonds. The summed E-state index contributed by atoms with van der Waals surface area (Å²) in [5.41, 5.74) is 1.19. The summed E-state index contributed by atoms with van der Waals surface area (Å²) in [7, 11) is 1.35. The molecular weight excluding hydrogens is 254 g/mol. The lowest BCUT2D eigenvalue weighted by Crippen LogP contribution is -2.42. The minimum Gasteiger partial charge on any atom is -0.468 e. The number of hydrogen-bond acceptors (Lipinski definition) is 3. The van der Waals surface area contributed by atoms with Gasteiger partial charge in [0.1, 0.15) is 6.54 Å². The average molecular weight is 281 g/mol. The minimum absolute atomic E-state index is 0.00893. The lowest BCUT2D eigenvalue weighted by molar-refractivity contribution is -0.149. The third-order valence-corrected chi connectivity index (χ3v) is 4.12. The molecule has 1 saturated carbocycles. The Hall–Kier alpha value is -1.32. The highest BCUT2D eigenvalue weighted by atomic mass is 16.5. The fourth-order valence-corrected chi connectivity index (χ4v) is 2.72. The molecule has 0 aromatic rings. The fraction of sp³-hybridized carbons (Fsp3) is 0.750. The van der Waals surface area contributed by atoms with E-state index in [9.17, 15) is 9.59 Å². The van der Waals surface area contributed by atoms with Gasteiger partial charge in [0.2, 0.25) is 5.91 Å². The number of amides is 1. The molecule has 0 aromatic carbocycles. The molecule has 4 nitrogen and oxygen atoms in total. The molecule has 0 radical (unpaired) electrons. The standard InChI is InChI=1S/C16H27NO3/c1-10(2)8-12-14(16(12,5)6)15(19)17(11(3)4)9-13(18)20-7/h8,11-12,14H,9H2,1-7H3. The van der Waals surface area contributed by atoms with Crippen molar-refractivity contribution in [3.8, 4) is 0 Å². The van der Waals surface area contributed by atoms with E-state index in [4.69, 9.17) is 0 Å². The van der Waals surface area contributed by atoms with Crippen LogP contribution in [0.2, 0.25) is 0 Å². The van der Waals surface area contributed by atoms with Crippen LogP contribution < -0.4 is 0 Å². The van der Waals surface area contributed by atoms with Gasteiger partial charge in [0.25, 0.3) is 0 Å². The molecule has 114 valence electrons. The zero-order chi connectivity index (χ0) is 15.7. The second-order valence-electron chi connectivity index (χ2n) is 6.70. The molecule has 0 heterocycles. The Morgan fingerprint density at radius 2 is 1.85 bits per heavy atom. The van der Waals surface area contributed by atoms with Gasteiger partial charge in [-0.2, -0.15) is 0 Å². The predicted octanol–water partition coefficient (Wildman–Crippen LogP) is 2.63. The second-order valence-corrected chi connectivity index (χ2v) is 6.70. The number of ether oxygens (including phenoxy) is 1. The number of carbonyl (C=O) groups excluding carboxylic acids is 2. The van der Waals surface area contributed by atoms with Crippen molar-refractivity contribution in [3.05, 3.63) is 11.6 Å². The van der Waals surface area contributed by atoms with Gasteiger partial charge in [-0.15, -0.1) is 0 Å². The van der Waals surface area contributed by atoms with Crippen molar-refractivity contribution < 1.29 is 14.3 Å². The topological polar surface area (TPSA) is 46.6 Å². The number of rotatable bonds is 5. The van der Waals surface area contributed by atoms with E-state index in [0.717, 1.165) is 0 Å². The summed E-state index contributed by atoms with van der Waals surface area (Å²) in [6.45, 7) is 12.2. The van der Waals surface area contributed by atoms with E-state index >= 15 is 0 Å². The van der Waals surface area contributed by atoms with Gasteiger partial charge >= 0.3 is 5.97 Å². The van der Waals surface area contributed by atoms with E-state index in [1.807, 2.05) is 27.7 Å². The SMILES string of the molecule is COC(=O)CN(C(=O)C1C(C=C(C)C)C1(C)C)C(C)C. The molecule has 0 aromatic heterocycles. The molecule has 1 aliphatic rings. The minimum atomic E-state index is -0.371. The third-order valence-electron chi connectivity index (χ3n) is 4.12. The van der Waals surface area contributed by atoms with Crippen LogP contribution in [0.1, 0.15) is 41.5 Å². The first kappa shape index (κ1) is 16.7. The summed E-state index contributed by atoms with van der Waals surface area (Å²) in [6.07, 6.45) is 2.17. The van der Waals surface area contributed by atoms with E-state index in [0.29, 0.717) is 0 Å². The van der Waals surface area contributed by atoms with Crippen LogP contribution >= 0.6 is 0 Å². The maximum Gasteiger partial charge on any atom is 0.325 e. The molecule has 4 heteroatoms. The van der Waals surface area contributed by atoms with Crippen LogP contribution in [0.25, 0.3) is 0 Å². The number of nitrogens with zero attached hydrogens (tertiary/aromatic N) is 1. The van der Waals surface area contributed by atoms with Crippen molar-refractivity contribution in [2.45, 2.75) is 47.6 Å². The highest BCUT2D eigenvalue weighted by molar-refractivity contribution is 5.87. The Morgan fingerprint density at radius 3 is 2.25 bits per heavy atom. The maximum absolute atomic E-state index is 12.7. The molecule has 0 N–H and O–H groups in total. The van der Waals surface area contributed by atoms with Crippen LogP contribution in [-0.2, 0) is 14.3 Å². The summed E-state index contributed by atoms with van der Waals surface area (Å²) in [6, 6.07) is -0.00893. The van der Waals surface area contributed by atoms with Crippen LogP contribution in [0.4, 0.5) is 0 Å². The van der Waals surface area contributed by atoms with E-state index in [2.05, 4.69) is 24.7 Å². The van der Waals surface area contributed by atoms with Crippen molar-refractivity contribution >= 4 is 11.9 Å². The Morgan fingerprint density at radius 1 is 1.30 bits per heavy atom. The van der Waals surface area contributed by atoms with Gasteiger partial charge in [-0.05, 0) is 39.0 Å². The highest BCUT2D eigenvalue weighted by Crippen LogP contribution is 2.60. The number of hydrogen-bond donors (Lipinski definition) is 0. The van der Waals surface area contributed by atoms with Crippen molar-refractivity contribution in [2.75, 3.05) is 13.7 Å². The molecule has 0 bridgehead atoms. The van der Waals surface area contributed by atoms with E-state index in [1.165, 1.54) is 12.7 Å². The van der Waals surface area contributed by atoms with E-state index in [-0.39, 0.29) is 41.7 Å². The summed E-state index contributed by atoms with van der Waals surface area (Å²) < 4.78 is 4.68.